The van der Waals surface area contributed by atoms with Crippen LogP contribution < -0.4 is 5.73 Å². The molecule has 1 aliphatic rings. The van der Waals surface area contributed by atoms with E-state index in [2.05, 4.69) is 31.2 Å². The van der Waals surface area contributed by atoms with Crippen molar-refractivity contribution in [3.05, 3.63) is 35.4 Å². The zero-order chi connectivity index (χ0) is 11.4. The van der Waals surface area contributed by atoms with Gasteiger partial charge in [-0.2, -0.15) is 5.06 Å². The SMILES string of the molecule is Cc1ccc(C(CN)N2CCCCO2)cc1. The molecule has 88 valence electrons. The number of nitrogens with zero attached hydrogens (tertiary/aromatic N) is 1. The maximum atomic E-state index is 5.85. The molecule has 1 fully saturated rings. The van der Waals surface area contributed by atoms with Crippen molar-refractivity contribution in [2.24, 2.45) is 5.73 Å². The quantitative estimate of drug-likeness (QED) is 0.847. The predicted octanol–water partition coefficient (Wildman–Crippen LogP) is 2.02. The van der Waals surface area contributed by atoms with Gasteiger partial charge >= 0.3 is 0 Å². The molecule has 0 amide bonds. The highest BCUT2D eigenvalue weighted by molar-refractivity contribution is 5.24. The zero-order valence-corrected chi connectivity index (χ0v) is 9.86. The van der Waals surface area contributed by atoms with Crippen LogP contribution in [0.25, 0.3) is 0 Å². The van der Waals surface area contributed by atoms with E-state index in [9.17, 15) is 0 Å². The molecule has 1 saturated heterocycles. The molecule has 3 heteroatoms. The lowest BCUT2D eigenvalue weighted by molar-refractivity contribution is -0.206. The van der Waals surface area contributed by atoms with Gasteiger partial charge in [0.1, 0.15) is 0 Å². The first-order valence-corrected chi connectivity index (χ1v) is 5.97. The fourth-order valence-electron chi connectivity index (χ4n) is 2.07. The number of aryl methyl sites for hydroxylation is 1. The van der Waals surface area contributed by atoms with E-state index in [-0.39, 0.29) is 6.04 Å². The minimum atomic E-state index is 0.195. The lowest BCUT2D eigenvalue weighted by atomic mass is 10.0. The number of hydrogen-bond acceptors (Lipinski definition) is 3. The van der Waals surface area contributed by atoms with Crippen LogP contribution in [-0.2, 0) is 4.84 Å². The number of hydrogen-bond donors (Lipinski definition) is 1. The van der Waals surface area contributed by atoms with Gasteiger partial charge in [-0.05, 0) is 25.3 Å². The molecule has 0 saturated carbocycles. The molecule has 1 aliphatic heterocycles. The largest absolute Gasteiger partial charge is 0.329 e. The molecule has 0 aromatic heterocycles. The molecule has 2 N–H and O–H groups in total. The Morgan fingerprint density at radius 3 is 2.62 bits per heavy atom. The molecular formula is C13H20N2O. The molecule has 0 aliphatic carbocycles. The molecule has 1 aromatic carbocycles. The van der Waals surface area contributed by atoms with Gasteiger partial charge in [0.25, 0.3) is 0 Å². The molecule has 3 nitrogen and oxygen atoms in total. The van der Waals surface area contributed by atoms with Crippen LogP contribution in [0, 0.1) is 6.92 Å². The highest BCUT2D eigenvalue weighted by Crippen LogP contribution is 2.23. The summed E-state index contributed by atoms with van der Waals surface area (Å²) in [6, 6.07) is 8.74. The van der Waals surface area contributed by atoms with E-state index in [1.807, 2.05) is 5.06 Å². The second kappa shape index (κ2) is 5.43. The number of nitrogens with two attached hydrogens (primary N) is 1. The second-order valence-corrected chi connectivity index (χ2v) is 4.34. The Morgan fingerprint density at radius 1 is 1.31 bits per heavy atom. The average Bonchev–Trinajstić information content (AvgIpc) is 2.34. The van der Waals surface area contributed by atoms with Crippen molar-refractivity contribution in [1.29, 1.82) is 0 Å². The molecule has 0 spiro atoms. The minimum absolute atomic E-state index is 0.195. The number of hydroxylamine groups is 2. The third kappa shape index (κ3) is 2.61. The van der Waals surface area contributed by atoms with Crippen molar-refractivity contribution in [3.8, 4) is 0 Å². The molecule has 0 bridgehead atoms. The summed E-state index contributed by atoms with van der Waals surface area (Å²) < 4.78 is 0. The first kappa shape index (κ1) is 11.6. The summed E-state index contributed by atoms with van der Waals surface area (Å²) in [4.78, 5) is 5.67. The maximum Gasteiger partial charge on any atom is 0.0724 e. The first-order chi connectivity index (χ1) is 7.81. The highest BCUT2D eigenvalue weighted by atomic mass is 16.7. The van der Waals surface area contributed by atoms with Crippen molar-refractivity contribution in [2.45, 2.75) is 25.8 Å². The Hall–Kier alpha value is -0.900. The Morgan fingerprint density at radius 2 is 2.06 bits per heavy atom. The van der Waals surface area contributed by atoms with Crippen molar-refractivity contribution in [3.63, 3.8) is 0 Å². The van der Waals surface area contributed by atoms with Crippen LogP contribution >= 0.6 is 0 Å². The Kier molecular flexibility index (Phi) is 3.93. The molecule has 1 heterocycles. The average molecular weight is 220 g/mol. The topological polar surface area (TPSA) is 38.5 Å². The molecule has 2 rings (SSSR count). The van der Waals surface area contributed by atoms with Crippen molar-refractivity contribution in [1.82, 2.24) is 5.06 Å². The Bertz CT molecular complexity index is 317. The minimum Gasteiger partial charge on any atom is -0.329 e. The summed E-state index contributed by atoms with van der Waals surface area (Å²) in [6.07, 6.45) is 2.35. The third-order valence-electron chi connectivity index (χ3n) is 3.06. The van der Waals surface area contributed by atoms with E-state index in [1.165, 1.54) is 17.5 Å². The van der Waals surface area contributed by atoms with E-state index in [1.54, 1.807) is 0 Å². The van der Waals surface area contributed by atoms with Crippen LogP contribution in [-0.4, -0.2) is 24.8 Å². The Labute approximate surface area is 97.1 Å². The summed E-state index contributed by atoms with van der Waals surface area (Å²) in [5.41, 5.74) is 8.37. The van der Waals surface area contributed by atoms with E-state index < -0.39 is 0 Å². The fraction of sp³-hybridized carbons (Fsp3) is 0.538. The van der Waals surface area contributed by atoms with Gasteiger partial charge in [-0.15, -0.1) is 0 Å². The summed E-state index contributed by atoms with van der Waals surface area (Å²) in [5.74, 6) is 0. The molecular weight excluding hydrogens is 200 g/mol. The van der Waals surface area contributed by atoms with Crippen LogP contribution in [0.5, 0.6) is 0 Å². The number of rotatable bonds is 3. The van der Waals surface area contributed by atoms with Crippen LogP contribution in [0.1, 0.15) is 30.0 Å². The van der Waals surface area contributed by atoms with Gasteiger partial charge in [-0.3, -0.25) is 4.84 Å². The van der Waals surface area contributed by atoms with Gasteiger partial charge in [0.2, 0.25) is 0 Å². The Balaban J connectivity index is 2.11. The van der Waals surface area contributed by atoms with E-state index in [0.29, 0.717) is 6.54 Å². The normalized spacial score (nSPS) is 19.6. The smallest absolute Gasteiger partial charge is 0.0724 e. The van der Waals surface area contributed by atoms with Gasteiger partial charge in [0, 0.05) is 13.1 Å². The van der Waals surface area contributed by atoms with Gasteiger partial charge in [-0.25, -0.2) is 0 Å². The lowest BCUT2D eigenvalue weighted by Gasteiger charge is -2.33. The standard InChI is InChI=1S/C13H20N2O/c1-11-4-6-12(7-5-11)13(10-14)15-8-2-3-9-16-15/h4-7,13H,2-3,8-10,14H2,1H3. The van der Waals surface area contributed by atoms with Crippen LogP contribution in [0.2, 0.25) is 0 Å². The van der Waals surface area contributed by atoms with Crippen LogP contribution in [0.4, 0.5) is 0 Å². The summed E-state index contributed by atoms with van der Waals surface area (Å²) in [7, 11) is 0. The van der Waals surface area contributed by atoms with Crippen LogP contribution in [0.15, 0.2) is 24.3 Å². The summed E-state index contributed by atoms with van der Waals surface area (Å²) in [5, 5.41) is 2.04. The molecule has 1 unspecified atom stereocenters. The van der Waals surface area contributed by atoms with Crippen molar-refractivity contribution in [2.75, 3.05) is 19.7 Å². The van der Waals surface area contributed by atoms with Gasteiger partial charge in [0.05, 0.1) is 12.6 Å². The summed E-state index contributed by atoms with van der Waals surface area (Å²) >= 11 is 0. The molecule has 1 aromatic rings. The van der Waals surface area contributed by atoms with E-state index in [0.717, 1.165) is 19.6 Å². The van der Waals surface area contributed by atoms with Gasteiger partial charge < -0.3 is 5.73 Å². The zero-order valence-electron chi connectivity index (χ0n) is 9.86. The highest BCUT2D eigenvalue weighted by Gasteiger charge is 2.21. The maximum absolute atomic E-state index is 5.85. The molecule has 0 radical (unpaired) electrons. The van der Waals surface area contributed by atoms with E-state index in [4.69, 9.17) is 10.6 Å². The van der Waals surface area contributed by atoms with Crippen molar-refractivity contribution < 1.29 is 4.84 Å². The number of benzene rings is 1. The van der Waals surface area contributed by atoms with Crippen molar-refractivity contribution >= 4 is 0 Å². The van der Waals surface area contributed by atoms with Crippen LogP contribution in [0.3, 0.4) is 0 Å². The molecule has 1 atom stereocenters. The van der Waals surface area contributed by atoms with Gasteiger partial charge in [-0.1, -0.05) is 29.8 Å². The van der Waals surface area contributed by atoms with Gasteiger partial charge in [0.15, 0.2) is 0 Å². The first-order valence-electron chi connectivity index (χ1n) is 5.97. The van der Waals surface area contributed by atoms with E-state index >= 15 is 0 Å². The lowest BCUT2D eigenvalue weighted by Crippen LogP contribution is -2.37. The second-order valence-electron chi connectivity index (χ2n) is 4.34. The predicted molar refractivity (Wildman–Crippen MR) is 64.9 cm³/mol. The molecule has 16 heavy (non-hydrogen) atoms. The third-order valence-corrected chi connectivity index (χ3v) is 3.06. The summed E-state index contributed by atoms with van der Waals surface area (Å²) in [6.45, 7) is 4.50. The fourth-order valence-corrected chi connectivity index (χ4v) is 2.07. The monoisotopic (exact) mass is 220 g/mol.